The van der Waals surface area contributed by atoms with Crippen molar-refractivity contribution in [3.05, 3.63) is 60.2 Å². The van der Waals surface area contributed by atoms with Crippen LogP contribution in [-0.4, -0.2) is 39.2 Å². The van der Waals surface area contributed by atoms with E-state index in [0.29, 0.717) is 13.1 Å². The molecular weight excluding hydrogens is 302 g/mol. The number of hydrogen-bond donors (Lipinski definition) is 1. The molecule has 2 aromatic rings. The van der Waals surface area contributed by atoms with Gasteiger partial charge in [0, 0.05) is 37.9 Å². The van der Waals surface area contributed by atoms with Crippen LogP contribution in [-0.2, 0) is 0 Å². The van der Waals surface area contributed by atoms with Crippen molar-refractivity contribution in [3.63, 3.8) is 0 Å². The Hall–Kier alpha value is -2.43. The molecule has 2 aromatic heterocycles. The molecule has 2 unspecified atom stereocenters. The summed E-state index contributed by atoms with van der Waals surface area (Å²) in [5.41, 5.74) is 2.29. The Morgan fingerprint density at radius 2 is 1.46 bits per heavy atom. The highest BCUT2D eigenvalue weighted by atomic mass is 16.4. The summed E-state index contributed by atoms with van der Waals surface area (Å²) in [6.07, 6.45) is 7.92. The van der Waals surface area contributed by atoms with Gasteiger partial charge in [-0.3, -0.25) is 9.97 Å². The molecule has 2 heterocycles. The van der Waals surface area contributed by atoms with E-state index in [1.54, 1.807) is 12.4 Å². The fraction of sp³-hybridized carbons (Fsp3) is 0.421. The van der Waals surface area contributed by atoms with Gasteiger partial charge in [-0.05, 0) is 47.9 Å². The van der Waals surface area contributed by atoms with Crippen LogP contribution in [0.3, 0.4) is 0 Å². The number of nitrogens with zero attached hydrogens (tertiary/aromatic N) is 3. The molecule has 1 N–H and O–H groups in total. The van der Waals surface area contributed by atoms with E-state index < -0.39 is 6.09 Å². The van der Waals surface area contributed by atoms with Crippen molar-refractivity contribution in [1.82, 2.24) is 14.9 Å². The SMILES string of the molecule is CC(CCN(CCC(C)c1cccnc1)C(=O)O)c1cccnc1. The van der Waals surface area contributed by atoms with Gasteiger partial charge < -0.3 is 10.0 Å². The topological polar surface area (TPSA) is 66.3 Å². The molecule has 2 atom stereocenters. The zero-order valence-electron chi connectivity index (χ0n) is 14.3. The highest BCUT2D eigenvalue weighted by Crippen LogP contribution is 2.20. The van der Waals surface area contributed by atoms with Gasteiger partial charge in [0.05, 0.1) is 0 Å². The first-order chi connectivity index (χ1) is 11.6. The van der Waals surface area contributed by atoms with E-state index in [0.717, 1.165) is 24.0 Å². The fourth-order valence-electron chi connectivity index (χ4n) is 2.67. The second-order valence-corrected chi connectivity index (χ2v) is 6.22. The van der Waals surface area contributed by atoms with Crippen LogP contribution < -0.4 is 0 Å². The van der Waals surface area contributed by atoms with E-state index in [9.17, 15) is 9.90 Å². The predicted octanol–water partition coefficient (Wildman–Crippen LogP) is 4.14. The minimum atomic E-state index is -0.855. The molecule has 2 rings (SSSR count). The molecule has 0 aliphatic rings. The van der Waals surface area contributed by atoms with Gasteiger partial charge in [0.1, 0.15) is 0 Å². The van der Waals surface area contributed by atoms with Crippen LogP contribution in [0.25, 0.3) is 0 Å². The van der Waals surface area contributed by atoms with Crippen molar-refractivity contribution >= 4 is 6.09 Å². The van der Waals surface area contributed by atoms with E-state index in [4.69, 9.17) is 0 Å². The van der Waals surface area contributed by atoms with Gasteiger partial charge in [0.15, 0.2) is 0 Å². The Kier molecular flexibility index (Phi) is 6.73. The number of carbonyl (C=O) groups is 1. The maximum atomic E-state index is 11.5. The smallest absolute Gasteiger partial charge is 0.407 e. The second-order valence-electron chi connectivity index (χ2n) is 6.22. The maximum absolute atomic E-state index is 11.5. The molecular formula is C19H25N3O2. The maximum Gasteiger partial charge on any atom is 0.407 e. The third-order valence-electron chi connectivity index (χ3n) is 4.44. The monoisotopic (exact) mass is 327 g/mol. The van der Waals surface area contributed by atoms with Gasteiger partial charge in [0.25, 0.3) is 0 Å². The Bertz CT molecular complexity index is 570. The summed E-state index contributed by atoms with van der Waals surface area (Å²) < 4.78 is 0. The molecule has 1 amide bonds. The Morgan fingerprint density at radius 3 is 1.79 bits per heavy atom. The predicted molar refractivity (Wildman–Crippen MR) is 94.1 cm³/mol. The van der Waals surface area contributed by atoms with Crippen molar-refractivity contribution in [1.29, 1.82) is 0 Å². The summed E-state index contributed by atoms with van der Waals surface area (Å²) in [6, 6.07) is 7.90. The number of amides is 1. The number of carboxylic acid groups (broad SMARTS) is 1. The normalized spacial score (nSPS) is 13.2. The molecule has 0 bridgehead atoms. The van der Waals surface area contributed by atoms with Gasteiger partial charge in [0.2, 0.25) is 0 Å². The van der Waals surface area contributed by atoms with Gasteiger partial charge in [-0.2, -0.15) is 0 Å². The lowest BCUT2D eigenvalue weighted by Gasteiger charge is -2.23. The molecule has 0 aliphatic heterocycles. The third-order valence-corrected chi connectivity index (χ3v) is 4.44. The summed E-state index contributed by atoms with van der Waals surface area (Å²) in [7, 11) is 0. The van der Waals surface area contributed by atoms with E-state index in [1.165, 1.54) is 4.90 Å². The molecule has 0 saturated heterocycles. The Labute approximate surface area is 143 Å². The zero-order chi connectivity index (χ0) is 17.4. The average molecular weight is 327 g/mol. The summed E-state index contributed by atoms with van der Waals surface area (Å²) >= 11 is 0. The lowest BCUT2D eigenvalue weighted by molar-refractivity contribution is 0.142. The minimum absolute atomic E-state index is 0.288. The fourth-order valence-corrected chi connectivity index (χ4v) is 2.67. The standard InChI is InChI=1S/C19H25N3O2/c1-15(17-5-3-9-20-13-17)7-11-22(19(23)24)12-8-16(2)18-6-4-10-21-14-18/h3-6,9-10,13-16H,7-8,11-12H2,1-2H3,(H,23,24). The second kappa shape index (κ2) is 9.01. The van der Waals surface area contributed by atoms with Crippen molar-refractivity contribution in [2.24, 2.45) is 0 Å². The highest BCUT2D eigenvalue weighted by molar-refractivity contribution is 5.64. The van der Waals surface area contributed by atoms with Gasteiger partial charge in [-0.25, -0.2) is 4.79 Å². The summed E-state index contributed by atoms with van der Waals surface area (Å²) in [5, 5.41) is 9.44. The molecule has 24 heavy (non-hydrogen) atoms. The lowest BCUT2D eigenvalue weighted by atomic mass is 9.98. The molecule has 0 fully saturated rings. The summed E-state index contributed by atoms with van der Waals surface area (Å²) in [6.45, 7) is 5.28. The molecule has 0 radical (unpaired) electrons. The number of rotatable bonds is 8. The van der Waals surface area contributed by atoms with E-state index in [-0.39, 0.29) is 11.8 Å². The zero-order valence-corrected chi connectivity index (χ0v) is 14.3. The van der Waals surface area contributed by atoms with Crippen molar-refractivity contribution in [2.75, 3.05) is 13.1 Å². The minimum Gasteiger partial charge on any atom is -0.465 e. The van der Waals surface area contributed by atoms with E-state index in [2.05, 4.69) is 23.8 Å². The van der Waals surface area contributed by atoms with Crippen molar-refractivity contribution in [3.8, 4) is 0 Å². The Morgan fingerprint density at radius 1 is 1.00 bits per heavy atom. The lowest BCUT2D eigenvalue weighted by Crippen LogP contribution is -2.32. The number of hydrogen-bond acceptors (Lipinski definition) is 3. The molecule has 0 aliphatic carbocycles. The van der Waals surface area contributed by atoms with Crippen LogP contribution in [0.15, 0.2) is 49.1 Å². The third kappa shape index (κ3) is 5.33. The number of pyridine rings is 2. The molecule has 5 heteroatoms. The van der Waals surface area contributed by atoms with Crippen molar-refractivity contribution < 1.29 is 9.90 Å². The quantitative estimate of drug-likeness (QED) is 0.791. The molecule has 5 nitrogen and oxygen atoms in total. The Balaban J connectivity index is 1.85. The molecule has 0 spiro atoms. The first-order valence-electron chi connectivity index (χ1n) is 8.35. The van der Waals surface area contributed by atoms with Crippen LogP contribution in [0.4, 0.5) is 4.79 Å². The molecule has 0 saturated carbocycles. The first-order valence-corrected chi connectivity index (χ1v) is 8.35. The molecule has 128 valence electrons. The number of aromatic nitrogens is 2. The van der Waals surface area contributed by atoms with Crippen LogP contribution in [0.1, 0.15) is 49.7 Å². The largest absolute Gasteiger partial charge is 0.465 e. The summed E-state index contributed by atoms with van der Waals surface area (Å²) in [4.78, 5) is 21.3. The highest BCUT2D eigenvalue weighted by Gasteiger charge is 2.16. The van der Waals surface area contributed by atoms with Gasteiger partial charge >= 0.3 is 6.09 Å². The van der Waals surface area contributed by atoms with Crippen LogP contribution in [0, 0.1) is 0 Å². The van der Waals surface area contributed by atoms with Crippen molar-refractivity contribution in [2.45, 2.75) is 38.5 Å². The summed E-state index contributed by atoms with van der Waals surface area (Å²) in [5.74, 6) is 0.576. The van der Waals surface area contributed by atoms with Crippen LogP contribution in [0.5, 0.6) is 0 Å². The first kappa shape index (κ1) is 17.9. The van der Waals surface area contributed by atoms with Gasteiger partial charge in [-0.15, -0.1) is 0 Å². The van der Waals surface area contributed by atoms with Crippen LogP contribution in [0.2, 0.25) is 0 Å². The molecule has 0 aromatic carbocycles. The van der Waals surface area contributed by atoms with E-state index >= 15 is 0 Å². The van der Waals surface area contributed by atoms with E-state index in [1.807, 2.05) is 36.7 Å². The average Bonchev–Trinajstić information content (AvgIpc) is 2.62. The van der Waals surface area contributed by atoms with Crippen LogP contribution >= 0.6 is 0 Å². The van der Waals surface area contributed by atoms with Gasteiger partial charge in [-0.1, -0.05) is 26.0 Å².